The Morgan fingerprint density at radius 3 is 2.60 bits per heavy atom. The van der Waals surface area contributed by atoms with Gasteiger partial charge in [-0.3, -0.25) is 0 Å². The Kier molecular flexibility index (Phi) is 3.31. The first-order valence-corrected chi connectivity index (χ1v) is 6.74. The molecule has 0 radical (unpaired) electrons. The molecule has 0 aliphatic heterocycles. The number of hydrogen-bond acceptors (Lipinski definition) is 2. The number of halogens is 3. The highest BCUT2D eigenvalue weighted by Crippen LogP contribution is 2.31. The van der Waals surface area contributed by atoms with Crippen molar-refractivity contribution < 1.29 is 13.2 Å². The zero-order valence-corrected chi connectivity index (χ0v) is 11.8. The van der Waals surface area contributed by atoms with Gasteiger partial charge in [-0.1, -0.05) is 24.3 Å². The molecule has 1 atom stereocenters. The van der Waals surface area contributed by atoms with Crippen molar-refractivity contribution in [2.24, 2.45) is 5.73 Å². The maximum absolute atomic E-state index is 14.0. The third-order valence-corrected chi connectivity index (χ3v) is 3.75. The van der Waals surface area contributed by atoms with Gasteiger partial charge in [0.15, 0.2) is 11.4 Å². The summed E-state index contributed by atoms with van der Waals surface area (Å²) in [7, 11) is 0. The predicted molar refractivity (Wildman–Crippen MR) is 76.3 cm³/mol. The lowest BCUT2D eigenvalue weighted by molar-refractivity contribution is 0.492. The summed E-state index contributed by atoms with van der Waals surface area (Å²) < 4.78 is 33.4. The summed E-state index contributed by atoms with van der Waals surface area (Å²) in [6, 6.07) is 10.3. The molecule has 0 spiro atoms. The molecule has 2 nitrogen and oxygen atoms in total. The van der Waals surface area contributed by atoms with Crippen molar-refractivity contribution in [3.8, 4) is 0 Å². The van der Waals surface area contributed by atoms with Gasteiger partial charge in [0.05, 0.1) is 10.5 Å². The Morgan fingerprint density at radius 1 is 1.10 bits per heavy atom. The van der Waals surface area contributed by atoms with E-state index < -0.39 is 17.7 Å². The summed E-state index contributed by atoms with van der Waals surface area (Å²) in [5, 5.41) is 0.603. The smallest absolute Gasteiger partial charge is 0.169 e. The molecular formula is C15H10BrF2NO. The van der Waals surface area contributed by atoms with E-state index in [0.717, 1.165) is 0 Å². The molecule has 0 saturated carbocycles. The van der Waals surface area contributed by atoms with Gasteiger partial charge in [0.25, 0.3) is 0 Å². The van der Waals surface area contributed by atoms with Crippen molar-refractivity contribution in [3.05, 3.63) is 69.9 Å². The van der Waals surface area contributed by atoms with Gasteiger partial charge in [0, 0.05) is 10.9 Å². The van der Waals surface area contributed by atoms with Gasteiger partial charge in [0.2, 0.25) is 0 Å². The molecule has 3 aromatic rings. The van der Waals surface area contributed by atoms with Gasteiger partial charge in [-0.2, -0.15) is 0 Å². The maximum atomic E-state index is 14.0. The van der Waals surface area contributed by atoms with Gasteiger partial charge >= 0.3 is 0 Å². The lowest BCUT2D eigenvalue weighted by atomic mass is 10.0. The van der Waals surface area contributed by atoms with E-state index in [9.17, 15) is 8.78 Å². The molecule has 1 heterocycles. The molecule has 0 aliphatic rings. The van der Waals surface area contributed by atoms with Crippen molar-refractivity contribution >= 4 is 26.9 Å². The van der Waals surface area contributed by atoms with E-state index in [0.29, 0.717) is 21.2 Å². The van der Waals surface area contributed by atoms with E-state index in [2.05, 4.69) is 15.9 Å². The number of hydrogen-bond donors (Lipinski definition) is 1. The maximum Gasteiger partial charge on any atom is 0.169 e. The molecule has 0 amide bonds. The average molecular weight is 338 g/mol. The highest BCUT2D eigenvalue weighted by Gasteiger charge is 2.19. The van der Waals surface area contributed by atoms with Crippen molar-refractivity contribution in [1.82, 2.24) is 0 Å². The van der Waals surface area contributed by atoms with Crippen LogP contribution < -0.4 is 5.73 Å². The summed E-state index contributed by atoms with van der Waals surface area (Å²) in [6.45, 7) is 0. The number of para-hydroxylation sites is 1. The van der Waals surface area contributed by atoms with Crippen LogP contribution in [0.5, 0.6) is 0 Å². The highest BCUT2D eigenvalue weighted by atomic mass is 79.9. The second-order valence-electron chi connectivity index (χ2n) is 4.43. The molecule has 2 aromatic carbocycles. The van der Waals surface area contributed by atoms with E-state index in [1.165, 1.54) is 6.07 Å². The first kappa shape index (κ1) is 13.3. The van der Waals surface area contributed by atoms with E-state index in [1.54, 1.807) is 36.4 Å². The minimum absolute atomic E-state index is 0.133. The second-order valence-corrected chi connectivity index (χ2v) is 5.28. The van der Waals surface area contributed by atoms with Gasteiger partial charge < -0.3 is 10.2 Å². The molecule has 3 rings (SSSR count). The van der Waals surface area contributed by atoms with Crippen LogP contribution >= 0.6 is 15.9 Å². The normalized spacial score (nSPS) is 12.8. The molecule has 0 bridgehead atoms. The van der Waals surface area contributed by atoms with Crippen LogP contribution in [0, 0.1) is 11.6 Å². The summed E-state index contributed by atoms with van der Waals surface area (Å²) >= 11 is 3.11. The summed E-state index contributed by atoms with van der Waals surface area (Å²) in [5.74, 6) is -0.585. The number of rotatable bonds is 2. The van der Waals surface area contributed by atoms with Gasteiger partial charge in [0.1, 0.15) is 11.6 Å². The van der Waals surface area contributed by atoms with E-state index in [4.69, 9.17) is 10.2 Å². The zero-order chi connectivity index (χ0) is 14.3. The Labute approximate surface area is 122 Å². The van der Waals surface area contributed by atoms with Crippen molar-refractivity contribution in [3.63, 3.8) is 0 Å². The Morgan fingerprint density at radius 2 is 1.85 bits per heavy atom. The van der Waals surface area contributed by atoms with Crippen molar-refractivity contribution in [2.75, 3.05) is 0 Å². The van der Waals surface area contributed by atoms with Gasteiger partial charge in [-0.05, 0) is 34.1 Å². The summed E-state index contributed by atoms with van der Waals surface area (Å²) in [4.78, 5) is 0. The van der Waals surface area contributed by atoms with Crippen LogP contribution in [-0.2, 0) is 0 Å². The first-order valence-electron chi connectivity index (χ1n) is 5.95. The molecular weight excluding hydrogens is 328 g/mol. The van der Waals surface area contributed by atoms with Crippen molar-refractivity contribution in [2.45, 2.75) is 6.04 Å². The monoisotopic (exact) mass is 337 g/mol. The molecule has 0 fully saturated rings. The minimum atomic E-state index is -0.792. The largest absolute Gasteiger partial charge is 0.456 e. The molecule has 0 saturated heterocycles. The van der Waals surface area contributed by atoms with E-state index in [1.807, 2.05) is 0 Å². The van der Waals surface area contributed by atoms with E-state index >= 15 is 0 Å². The number of fused-ring (bicyclic) bond motifs is 1. The predicted octanol–water partition coefficient (Wildman–Crippen LogP) is 4.52. The van der Waals surface area contributed by atoms with Crippen LogP contribution in [0.25, 0.3) is 11.0 Å². The fourth-order valence-corrected chi connectivity index (χ4v) is 2.50. The number of furan rings is 1. The molecule has 102 valence electrons. The fraction of sp³-hybridized carbons (Fsp3) is 0.0667. The molecule has 1 unspecified atom stereocenters. The van der Waals surface area contributed by atoms with Crippen LogP contribution in [0.2, 0.25) is 0 Å². The van der Waals surface area contributed by atoms with E-state index in [-0.39, 0.29) is 5.58 Å². The van der Waals surface area contributed by atoms with Crippen LogP contribution in [0.1, 0.15) is 17.4 Å². The quantitative estimate of drug-likeness (QED) is 0.746. The fourth-order valence-electron chi connectivity index (χ4n) is 2.11. The van der Waals surface area contributed by atoms with Gasteiger partial charge in [-0.15, -0.1) is 0 Å². The lowest BCUT2D eigenvalue weighted by Gasteiger charge is -2.10. The third kappa shape index (κ3) is 2.13. The molecule has 5 heteroatoms. The first-order chi connectivity index (χ1) is 9.58. The summed E-state index contributed by atoms with van der Waals surface area (Å²) in [6.07, 6.45) is 0. The second kappa shape index (κ2) is 5.00. The number of benzene rings is 2. The van der Waals surface area contributed by atoms with Crippen molar-refractivity contribution in [1.29, 1.82) is 0 Å². The minimum Gasteiger partial charge on any atom is -0.456 e. The molecule has 0 aliphatic carbocycles. The Bertz CT molecular complexity index is 785. The van der Waals surface area contributed by atoms with Gasteiger partial charge in [-0.25, -0.2) is 8.78 Å². The third-order valence-electron chi connectivity index (χ3n) is 3.14. The Balaban J connectivity index is 2.10. The zero-order valence-electron chi connectivity index (χ0n) is 10.2. The van der Waals surface area contributed by atoms with Crippen LogP contribution in [-0.4, -0.2) is 0 Å². The summed E-state index contributed by atoms with van der Waals surface area (Å²) in [5.41, 5.74) is 6.45. The van der Waals surface area contributed by atoms with Crippen LogP contribution in [0.15, 0.2) is 51.4 Å². The Hall–Kier alpha value is -1.72. The average Bonchev–Trinajstić information content (AvgIpc) is 2.87. The SMILES string of the molecule is NC(c1cc2cccc(F)c2o1)c1cccc(Br)c1F. The molecule has 2 N–H and O–H groups in total. The molecule has 1 aromatic heterocycles. The van der Waals surface area contributed by atoms with Crippen LogP contribution in [0.3, 0.4) is 0 Å². The highest BCUT2D eigenvalue weighted by molar-refractivity contribution is 9.10. The topological polar surface area (TPSA) is 39.2 Å². The lowest BCUT2D eigenvalue weighted by Crippen LogP contribution is -2.12. The van der Waals surface area contributed by atoms with Crippen LogP contribution in [0.4, 0.5) is 8.78 Å². The standard InChI is InChI=1S/C15H10BrF2NO/c16-10-5-2-4-9(13(10)18)14(19)12-7-8-3-1-6-11(17)15(8)20-12/h1-7,14H,19H2. The number of nitrogens with two attached hydrogens (primary N) is 1. The molecule has 20 heavy (non-hydrogen) atoms.